The number of hydrogen-bond acceptors (Lipinski definition) is 4. The van der Waals surface area contributed by atoms with E-state index in [1.54, 1.807) is 0 Å². The maximum Gasteiger partial charge on any atom is 0.0942 e. The Bertz CT molecular complexity index is 903. The lowest BCUT2D eigenvalue weighted by Crippen LogP contribution is -2.37. The second-order valence-corrected chi connectivity index (χ2v) is 9.14. The summed E-state index contributed by atoms with van der Waals surface area (Å²) in [6.45, 7) is 11.8. The minimum atomic E-state index is -0.528. The van der Waals surface area contributed by atoms with Crippen LogP contribution >= 0.6 is 0 Å². The highest BCUT2D eigenvalue weighted by Gasteiger charge is 2.24. The van der Waals surface area contributed by atoms with Crippen molar-refractivity contribution in [2.24, 2.45) is 0 Å². The van der Waals surface area contributed by atoms with Crippen LogP contribution in [0.2, 0.25) is 0 Å². The smallest absolute Gasteiger partial charge is 0.0942 e. The van der Waals surface area contributed by atoms with E-state index in [1.165, 1.54) is 11.1 Å². The first-order valence-corrected chi connectivity index (χ1v) is 12.5. The van der Waals surface area contributed by atoms with Crippen LogP contribution in [0.3, 0.4) is 0 Å². The number of benzene rings is 3. The highest BCUT2D eigenvalue weighted by atomic mass is 16.3. The summed E-state index contributed by atoms with van der Waals surface area (Å²) in [4.78, 5) is 4.63. The number of nitrogens with zero attached hydrogens (tertiary/aromatic N) is 2. The minimum absolute atomic E-state index is 0.00392. The lowest BCUT2D eigenvalue weighted by atomic mass is 10.0. The zero-order valence-corrected chi connectivity index (χ0v) is 21.0. The van der Waals surface area contributed by atoms with Gasteiger partial charge in [0, 0.05) is 25.2 Å². The molecule has 4 atom stereocenters. The molecule has 0 saturated heterocycles. The van der Waals surface area contributed by atoms with Crippen molar-refractivity contribution in [2.45, 2.75) is 65.1 Å². The lowest BCUT2D eigenvalue weighted by Gasteiger charge is -2.33. The number of rotatable bonds is 12. The normalized spacial score (nSPS) is 15.3. The summed E-state index contributed by atoms with van der Waals surface area (Å²) in [5, 5.41) is 21.8. The van der Waals surface area contributed by atoms with Gasteiger partial charge in [0.15, 0.2) is 0 Å². The van der Waals surface area contributed by atoms with E-state index >= 15 is 0 Å². The zero-order chi connectivity index (χ0) is 24.5. The highest BCUT2D eigenvalue weighted by Crippen LogP contribution is 2.24. The van der Waals surface area contributed by atoms with Crippen LogP contribution in [0.15, 0.2) is 84.9 Å². The van der Waals surface area contributed by atoms with Gasteiger partial charge in [0.2, 0.25) is 0 Å². The van der Waals surface area contributed by atoms with Gasteiger partial charge in [0.05, 0.1) is 12.2 Å². The van der Waals surface area contributed by atoms with Crippen LogP contribution in [0.4, 0.5) is 0 Å². The van der Waals surface area contributed by atoms with E-state index in [0.717, 1.165) is 37.3 Å². The Labute approximate surface area is 205 Å². The van der Waals surface area contributed by atoms with E-state index in [9.17, 15) is 10.2 Å². The monoisotopic (exact) mass is 460 g/mol. The fourth-order valence-electron chi connectivity index (χ4n) is 4.64. The van der Waals surface area contributed by atoms with Crippen molar-refractivity contribution in [3.8, 4) is 0 Å². The Hall–Kier alpha value is -2.50. The average Bonchev–Trinajstić information content (AvgIpc) is 2.90. The molecule has 0 unspecified atom stereocenters. The maximum absolute atomic E-state index is 10.9. The van der Waals surface area contributed by atoms with Crippen LogP contribution in [-0.2, 0) is 13.1 Å². The van der Waals surface area contributed by atoms with Crippen molar-refractivity contribution in [2.75, 3.05) is 13.1 Å². The molecule has 0 aliphatic rings. The molecule has 0 amide bonds. The van der Waals surface area contributed by atoms with Gasteiger partial charge >= 0.3 is 0 Å². The average molecular weight is 461 g/mol. The maximum atomic E-state index is 10.9. The summed E-state index contributed by atoms with van der Waals surface area (Å²) in [7, 11) is 0. The molecule has 0 heterocycles. The van der Waals surface area contributed by atoms with Gasteiger partial charge in [-0.25, -0.2) is 0 Å². The van der Waals surface area contributed by atoms with Crippen molar-refractivity contribution >= 4 is 0 Å². The largest absolute Gasteiger partial charge is 0.387 e. The fourth-order valence-corrected chi connectivity index (χ4v) is 4.64. The topological polar surface area (TPSA) is 46.9 Å². The summed E-state index contributed by atoms with van der Waals surface area (Å²) in [6, 6.07) is 28.5. The van der Waals surface area contributed by atoms with Crippen molar-refractivity contribution in [1.82, 2.24) is 9.80 Å². The molecule has 2 N–H and O–H groups in total. The molecule has 0 spiro atoms. The molecule has 0 aromatic heterocycles. The molecule has 0 aliphatic carbocycles. The third-order valence-corrected chi connectivity index (χ3v) is 6.92. The van der Waals surface area contributed by atoms with E-state index in [4.69, 9.17) is 0 Å². The number of hydrogen-bond donors (Lipinski definition) is 2. The van der Waals surface area contributed by atoms with Gasteiger partial charge in [-0.1, -0.05) is 98.8 Å². The van der Waals surface area contributed by atoms with Gasteiger partial charge in [0.1, 0.15) is 0 Å². The molecule has 0 bridgehead atoms. The quantitative estimate of drug-likeness (QED) is 0.371. The first kappa shape index (κ1) is 26.1. The van der Waals surface area contributed by atoms with Crippen LogP contribution in [-0.4, -0.2) is 45.2 Å². The summed E-state index contributed by atoms with van der Waals surface area (Å²) < 4.78 is 0. The highest BCUT2D eigenvalue weighted by molar-refractivity contribution is 5.25. The van der Waals surface area contributed by atoms with Gasteiger partial charge in [-0.3, -0.25) is 9.80 Å². The van der Waals surface area contributed by atoms with E-state index < -0.39 is 12.2 Å². The molecule has 0 fully saturated rings. The van der Waals surface area contributed by atoms with Crippen molar-refractivity contribution in [3.63, 3.8) is 0 Å². The van der Waals surface area contributed by atoms with Crippen LogP contribution in [0.25, 0.3) is 0 Å². The van der Waals surface area contributed by atoms with Crippen LogP contribution in [0, 0.1) is 0 Å². The van der Waals surface area contributed by atoms with E-state index in [-0.39, 0.29) is 12.1 Å². The predicted octanol–water partition coefficient (Wildman–Crippen LogP) is 5.57. The Kier molecular flexibility index (Phi) is 9.85. The standard InChI is InChI=1S/C30H40N2O2/c1-5-31(23(3)29(33)27-16-9-7-10-17-27)21-25-14-13-15-26(20-25)22-32(6-2)24(4)30(34)28-18-11-8-12-19-28/h7-20,23-24,29-30,33-34H,5-6,21-22H2,1-4H3/t23-,24-,29-,30-/m1/s1. The summed E-state index contributed by atoms with van der Waals surface area (Å²) in [5.41, 5.74) is 4.37. The fraction of sp³-hybridized carbons (Fsp3) is 0.400. The second kappa shape index (κ2) is 12.8. The molecule has 0 saturated carbocycles. The Morgan fingerprint density at radius 3 is 1.32 bits per heavy atom. The Balaban J connectivity index is 1.68. The molecule has 3 aromatic carbocycles. The Morgan fingerprint density at radius 1 is 0.588 bits per heavy atom. The SMILES string of the molecule is CCN(Cc1cccc(CN(CC)[C@H](C)[C@@H](O)c2ccccc2)c1)[C@H](C)[C@@H](O)c1ccccc1. The second-order valence-electron chi connectivity index (χ2n) is 9.14. The third kappa shape index (κ3) is 6.77. The van der Waals surface area contributed by atoms with Crippen LogP contribution in [0.1, 0.15) is 62.2 Å². The molecule has 0 aliphatic heterocycles. The predicted molar refractivity (Wildman–Crippen MR) is 140 cm³/mol. The number of aliphatic hydroxyl groups is 2. The number of aliphatic hydroxyl groups excluding tert-OH is 2. The van der Waals surface area contributed by atoms with Gasteiger partial charge in [-0.15, -0.1) is 0 Å². The van der Waals surface area contributed by atoms with Crippen molar-refractivity contribution in [1.29, 1.82) is 0 Å². The van der Waals surface area contributed by atoms with E-state index in [0.29, 0.717) is 0 Å². The third-order valence-electron chi connectivity index (χ3n) is 6.92. The van der Waals surface area contributed by atoms with Gasteiger partial charge < -0.3 is 10.2 Å². The van der Waals surface area contributed by atoms with Crippen molar-refractivity contribution < 1.29 is 10.2 Å². The first-order valence-electron chi connectivity index (χ1n) is 12.5. The Morgan fingerprint density at radius 2 is 0.971 bits per heavy atom. The molecule has 4 heteroatoms. The van der Waals surface area contributed by atoms with Crippen molar-refractivity contribution in [3.05, 3.63) is 107 Å². The van der Waals surface area contributed by atoms with E-state index in [2.05, 4.69) is 61.8 Å². The number of likely N-dealkylation sites (N-methyl/N-ethyl adjacent to an activating group) is 2. The minimum Gasteiger partial charge on any atom is -0.387 e. The summed E-state index contributed by atoms with van der Waals surface area (Å²) >= 11 is 0. The molecule has 182 valence electrons. The van der Waals surface area contributed by atoms with Gasteiger partial charge in [-0.05, 0) is 49.2 Å². The lowest BCUT2D eigenvalue weighted by molar-refractivity contribution is 0.0554. The molecular formula is C30H40N2O2. The van der Waals surface area contributed by atoms with Gasteiger partial charge in [-0.2, -0.15) is 0 Å². The van der Waals surface area contributed by atoms with Crippen LogP contribution < -0.4 is 0 Å². The molecular weight excluding hydrogens is 420 g/mol. The summed E-state index contributed by atoms with van der Waals surface area (Å²) in [6.07, 6.45) is -1.06. The molecule has 34 heavy (non-hydrogen) atoms. The summed E-state index contributed by atoms with van der Waals surface area (Å²) in [5.74, 6) is 0. The van der Waals surface area contributed by atoms with Crippen LogP contribution in [0.5, 0.6) is 0 Å². The molecule has 3 rings (SSSR count). The first-order chi connectivity index (χ1) is 16.4. The zero-order valence-electron chi connectivity index (χ0n) is 21.0. The molecule has 0 radical (unpaired) electrons. The molecule has 4 nitrogen and oxygen atoms in total. The van der Waals surface area contributed by atoms with Gasteiger partial charge in [0.25, 0.3) is 0 Å². The van der Waals surface area contributed by atoms with E-state index in [1.807, 2.05) is 60.7 Å². The molecule has 3 aromatic rings.